The van der Waals surface area contributed by atoms with E-state index < -0.39 is 9.84 Å². The van der Waals surface area contributed by atoms with Gasteiger partial charge in [0.1, 0.15) is 5.53 Å². The fourth-order valence-electron chi connectivity index (χ4n) is 0.300. The van der Waals surface area contributed by atoms with Gasteiger partial charge in [-0.2, -0.15) is 0 Å². The summed E-state index contributed by atoms with van der Waals surface area (Å²) in [6.07, 6.45) is 0. The zero-order valence-corrected chi connectivity index (χ0v) is 4.86. The van der Waals surface area contributed by atoms with Crippen LogP contribution >= 0.6 is 0 Å². The number of rotatable bonds is 2. The van der Waals surface area contributed by atoms with E-state index in [2.05, 4.69) is 0 Å². The summed E-state index contributed by atoms with van der Waals surface area (Å²) in [6, 6.07) is 0. The van der Waals surface area contributed by atoms with E-state index in [0.29, 0.717) is 0 Å². The van der Waals surface area contributed by atoms with Crippen molar-refractivity contribution in [2.45, 2.75) is 0 Å². The highest BCUT2D eigenvalue weighted by atomic mass is 16.2. The van der Waals surface area contributed by atoms with Gasteiger partial charge in [-0.3, -0.25) is 0 Å². The number of hydrogen-bond acceptors (Lipinski definition) is 7. The summed E-state index contributed by atoms with van der Waals surface area (Å²) < 4.78 is 0. The molecule has 0 atom stereocenters. The summed E-state index contributed by atoms with van der Waals surface area (Å²) in [5, 5.41) is 0. The molecule has 9 heteroatoms. The first kappa shape index (κ1) is 8.64. The molecule has 0 aliphatic rings. The summed E-state index contributed by atoms with van der Waals surface area (Å²) in [5.41, 5.74) is 2.00. The molecule has 0 bridgehead atoms. The largest absolute Gasteiger partial charge is 0.117 e. The minimum absolute atomic E-state index is 1.09. The van der Waals surface area contributed by atoms with Crippen LogP contribution in [0.5, 0.6) is 0 Å². The molecular weight excluding hydrogens is 126 g/mol. The highest BCUT2D eigenvalue weighted by molar-refractivity contribution is 3.69. The van der Waals surface area contributed by atoms with Gasteiger partial charge >= 0.3 is 0 Å². The molecule has 0 spiro atoms. The smallest absolute Gasteiger partial charge is 0.108 e. The van der Waals surface area contributed by atoms with E-state index in [0.717, 1.165) is 0 Å². The Bertz CT molecular complexity index is 65.2. The third kappa shape index (κ3) is 7.64. The molecule has 0 fully saturated rings. The Morgan fingerprint density at radius 3 is 0.889 bits per heavy atom. The van der Waals surface area contributed by atoms with Crippen molar-refractivity contribution in [2.75, 3.05) is 0 Å². The van der Waals surface area contributed by atoms with Crippen LogP contribution in [-0.2, 0) is 0 Å². The molecule has 56 valence electrons. The van der Waals surface area contributed by atoms with Crippen LogP contribution in [-0.4, -0.2) is 9.84 Å². The lowest BCUT2D eigenvalue weighted by Crippen LogP contribution is -2.87. The summed E-state index contributed by atoms with van der Waals surface area (Å²) in [5.74, 6) is 29.7. The van der Waals surface area contributed by atoms with Crippen molar-refractivity contribution < 1.29 is 9.84 Å². The first-order valence-corrected chi connectivity index (χ1v) is 2.00. The van der Waals surface area contributed by atoms with E-state index in [4.69, 9.17) is 35.1 Å². The van der Waals surface area contributed by atoms with Crippen molar-refractivity contribution in [3.05, 3.63) is 0 Å². The van der Waals surface area contributed by atoms with E-state index in [1.165, 1.54) is 0 Å². The van der Waals surface area contributed by atoms with Crippen LogP contribution in [0.4, 0.5) is 0 Å². The lowest BCUT2D eigenvalue weighted by molar-refractivity contribution is -1.20. The average Bonchev–Trinajstić information content (AvgIpc) is 1.14. The van der Waals surface area contributed by atoms with Crippen LogP contribution in [0.1, 0.15) is 0 Å². The second-order valence-corrected chi connectivity index (χ2v) is 1.77. The molecule has 0 aliphatic carbocycles. The van der Waals surface area contributed by atoms with E-state index in [-0.39, 0.29) is 0 Å². The molecule has 0 heterocycles. The van der Waals surface area contributed by atoms with E-state index >= 15 is 0 Å². The standard InChI is InChI=1S/H13N9/c1-8(2,3)7-9(4,5)6/h7H,1-6H2/q+2. The molecule has 9 heavy (non-hydrogen) atoms. The molecule has 0 unspecified atom stereocenters. The predicted octanol–water partition coefficient (Wildman–Crippen LogP) is -4.72. The van der Waals surface area contributed by atoms with Crippen LogP contribution < -0.4 is 40.6 Å². The Labute approximate surface area is 51.7 Å². The van der Waals surface area contributed by atoms with E-state index in [9.17, 15) is 0 Å². The van der Waals surface area contributed by atoms with Gasteiger partial charge in [0.2, 0.25) is 0 Å². The van der Waals surface area contributed by atoms with Gasteiger partial charge in [0.05, 0.1) is 0 Å². The van der Waals surface area contributed by atoms with Crippen molar-refractivity contribution in [1.29, 1.82) is 0 Å². The SMILES string of the molecule is N[N+](N)(N)N[N+](N)(N)N. The molecule has 0 aromatic rings. The van der Waals surface area contributed by atoms with Gasteiger partial charge < -0.3 is 0 Å². The predicted molar refractivity (Wildman–Crippen MR) is 28.8 cm³/mol. The van der Waals surface area contributed by atoms with Crippen molar-refractivity contribution in [3.8, 4) is 0 Å². The van der Waals surface area contributed by atoms with Crippen LogP contribution in [0.2, 0.25) is 0 Å². The van der Waals surface area contributed by atoms with Gasteiger partial charge in [0.25, 0.3) is 0 Å². The summed E-state index contributed by atoms with van der Waals surface area (Å²) in [7, 11) is 0. The van der Waals surface area contributed by atoms with Gasteiger partial charge in [-0.25, -0.2) is 0 Å². The first-order chi connectivity index (χ1) is 3.71. The molecule has 0 aromatic carbocycles. The fourth-order valence-corrected chi connectivity index (χ4v) is 0.300. The lowest BCUT2D eigenvalue weighted by Gasteiger charge is -2.24. The maximum absolute atomic E-state index is 4.95. The number of nitrogens with zero attached hydrogens (tertiary/aromatic N) is 2. The van der Waals surface area contributed by atoms with Crippen LogP contribution in [0.3, 0.4) is 0 Å². The third-order valence-electron chi connectivity index (χ3n) is 0.346. The monoisotopic (exact) mass is 139 g/mol. The van der Waals surface area contributed by atoms with Crippen molar-refractivity contribution >= 4 is 0 Å². The molecular formula is H13N9+2. The number of quaternary nitrogens is 2. The second kappa shape index (κ2) is 2.11. The Hall–Kier alpha value is -0.360. The Kier molecular flexibility index (Phi) is 2.02. The van der Waals surface area contributed by atoms with Crippen LogP contribution in [0, 0.1) is 0 Å². The van der Waals surface area contributed by atoms with Crippen molar-refractivity contribution in [1.82, 2.24) is 5.53 Å². The number of nitrogens with two attached hydrogens (primary N) is 6. The van der Waals surface area contributed by atoms with Crippen LogP contribution in [0.15, 0.2) is 0 Å². The summed E-state index contributed by atoms with van der Waals surface area (Å²) in [6.45, 7) is 0. The van der Waals surface area contributed by atoms with Crippen LogP contribution in [0.25, 0.3) is 0 Å². The second-order valence-electron chi connectivity index (χ2n) is 1.77. The zero-order chi connectivity index (χ0) is 7.71. The quantitative estimate of drug-likeness (QED) is 0.114. The normalized spacial score (nSPS) is 14.0. The van der Waals surface area contributed by atoms with E-state index in [1.54, 1.807) is 0 Å². The fraction of sp³-hybridized carbons (Fsp3) is 0. The zero-order valence-electron chi connectivity index (χ0n) is 4.86. The highest BCUT2D eigenvalue weighted by Gasteiger charge is 2.24. The van der Waals surface area contributed by atoms with Crippen molar-refractivity contribution in [2.24, 2.45) is 35.1 Å². The molecule has 0 aromatic heterocycles. The van der Waals surface area contributed by atoms with Gasteiger partial charge in [-0.05, 0) is 0 Å². The molecule has 0 saturated carbocycles. The number of hydrogen-bond donors (Lipinski definition) is 7. The highest BCUT2D eigenvalue weighted by Crippen LogP contribution is 1.64. The summed E-state index contributed by atoms with van der Waals surface area (Å²) >= 11 is 0. The number of nitrogens with one attached hydrogen (secondary N) is 1. The maximum atomic E-state index is 4.95. The van der Waals surface area contributed by atoms with Gasteiger partial charge in [-0.15, -0.1) is 35.1 Å². The Morgan fingerprint density at radius 1 is 0.667 bits per heavy atom. The minimum Gasteiger partial charge on any atom is -0.117 e. The van der Waals surface area contributed by atoms with E-state index in [1.807, 2.05) is 5.53 Å². The summed E-state index contributed by atoms with van der Waals surface area (Å²) in [4.78, 5) is -2.19. The molecule has 0 radical (unpaired) electrons. The maximum Gasteiger partial charge on any atom is 0.108 e. The molecule has 0 saturated heterocycles. The molecule has 13 N–H and O–H groups in total. The topological polar surface area (TPSA) is 168 Å². The molecule has 0 rings (SSSR count). The average molecular weight is 139 g/mol. The lowest BCUT2D eigenvalue weighted by atomic mass is 11.8. The van der Waals surface area contributed by atoms with Gasteiger partial charge in [-0.1, -0.05) is 0 Å². The Morgan fingerprint density at radius 2 is 0.889 bits per heavy atom. The minimum atomic E-state index is -1.09. The molecule has 9 nitrogen and oxygen atoms in total. The molecule has 0 amide bonds. The third-order valence-corrected chi connectivity index (χ3v) is 0.346. The van der Waals surface area contributed by atoms with Gasteiger partial charge in [0, 0.05) is 9.84 Å². The Balaban J connectivity index is 3.75. The molecule has 0 aliphatic heterocycles. The first-order valence-electron chi connectivity index (χ1n) is 2.00. The van der Waals surface area contributed by atoms with Gasteiger partial charge in [0.15, 0.2) is 0 Å². The van der Waals surface area contributed by atoms with Crippen molar-refractivity contribution in [3.63, 3.8) is 0 Å².